The highest BCUT2D eigenvalue weighted by Crippen LogP contribution is 2.38. The minimum Gasteiger partial charge on any atom is -0.444 e. The van der Waals surface area contributed by atoms with E-state index in [0.717, 1.165) is 43.9 Å². The third-order valence-corrected chi connectivity index (χ3v) is 4.67. The molecule has 126 valence electrons. The van der Waals surface area contributed by atoms with Crippen LogP contribution in [-0.2, 0) is 17.7 Å². The number of nitrogens with one attached hydrogen (secondary N) is 1. The second-order valence-electron chi connectivity index (χ2n) is 7.39. The predicted octanol–water partition coefficient (Wildman–Crippen LogP) is 4.06. The average Bonchev–Trinajstić information content (AvgIpc) is 2.93. The lowest BCUT2D eigenvalue weighted by atomic mass is 9.91. The van der Waals surface area contributed by atoms with E-state index in [0.29, 0.717) is 0 Å². The van der Waals surface area contributed by atoms with Gasteiger partial charge in [-0.15, -0.1) is 0 Å². The normalized spacial score (nSPS) is 21.2. The number of carbonyl (C=O) groups is 1. The first kappa shape index (κ1) is 16.6. The third kappa shape index (κ3) is 3.64. The van der Waals surface area contributed by atoms with Crippen molar-refractivity contribution in [3.63, 3.8) is 0 Å². The van der Waals surface area contributed by atoms with Crippen LogP contribution in [-0.4, -0.2) is 29.7 Å². The molecule has 0 radical (unpaired) electrons. The number of halogens is 1. The van der Waals surface area contributed by atoms with Crippen LogP contribution in [0.1, 0.15) is 56.3 Å². The number of hydrogen-bond acceptors (Lipinski definition) is 3. The van der Waals surface area contributed by atoms with E-state index in [4.69, 9.17) is 16.3 Å². The van der Waals surface area contributed by atoms with E-state index in [-0.39, 0.29) is 12.1 Å². The number of hydrogen-bond donors (Lipinski definition) is 1. The van der Waals surface area contributed by atoms with Crippen molar-refractivity contribution < 1.29 is 9.53 Å². The van der Waals surface area contributed by atoms with Crippen LogP contribution in [0.2, 0.25) is 5.02 Å². The molecule has 2 aliphatic rings. The standard InChI is InChI=1S/C18H25ClN2O2/c1-18(2,3)23-17(22)21-8-4-5-16(21)14-10-13(19)9-12-6-7-20-11-15(12)14/h9-10,16,20H,4-8,11H2,1-3H3. The summed E-state index contributed by atoms with van der Waals surface area (Å²) >= 11 is 6.34. The Labute approximate surface area is 143 Å². The molecular weight excluding hydrogens is 312 g/mol. The number of likely N-dealkylation sites (tertiary alicyclic amines) is 1. The number of rotatable bonds is 1. The molecule has 1 aromatic rings. The minimum atomic E-state index is -0.473. The molecule has 0 saturated carbocycles. The maximum atomic E-state index is 12.6. The van der Waals surface area contributed by atoms with Gasteiger partial charge in [-0.05, 0) is 75.4 Å². The van der Waals surface area contributed by atoms with E-state index in [9.17, 15) is 4.79 Å². The minimum absolute atomic E-state index is 0.0669. The Morgan fingerprint density at radius 2 is 2.17 bits per heavy atom. The lowest BCUT2D eigenvalue weighted by Gasteiger charge is -2.31. The Hall–Kier alpha value is -1.26. The van der Waals surface area contributed by atoms with Gasteiger partial charge in [0.25, 0.3) is 0 Å². The van der Waals surface area contributed by atoms with Crippen LogP contribution in [0.5, 0.6) is 0 Å². The Kier molecular flexibility index (Phi) is 4.56. The van der Waals surface area contributed by atoms with Gasteiger partial charge in [0.15, 0.2) is 0 Å². The third-order valence-electron chi connectivity index (χ3n) is 4.45. The lowest BCUT2D eigenvalue weighted by Crippen LogP contribution is -2.37. The molecule has 0 spiro atoms. The Bertz CT molecular complexity index is 610. The van der Waals surface area contributed by atoms with Gasteiger partial charge in [-0.25, -0.2) is 4.79 Å². The van der Waals surface area contributed by atoms with Crippen molar-refractivity contribution in [2.75, 3.05) is 13.1 Å². The molecular formula is C18H25ClN2O2. The van der Waals surface area contributed by atoms with Gasteiger partial charge in [-0.1, -0.05) is 11.6 Å². The number of ether oxygens (including phenoxy) is 1. The molecule has 4 nitrogen and oxygen atoms in total. The smallest absolute Gasteiger partial charge is 0.410 e. The molecule has 3 rings (SSSR count). The van der Waals surface area contributed by atoms with Crippen molar-refractivity contribution in [1.82, 2.24) is 10.2 Å². The quantitative estimate of drug-likeness (QED) is 0.841. The van der Waals surface area contributed by atoms with Crippen LogP contribution in [0.3, 0.4) is 0 Å². The molecule has 0 bridgehead atoms. The molecule has 1 N–H and O–H groups in total. The zero-order valence-electron chi connectivity index (χ0n) is 14.1. The maximum Gasteiger partial charge on any atom is 0.410 e. The van der Waals surface area contributed by atoms with E-state index in [1.165, 1.54) is 16.7 Å². The highest BCUT2D eigenvalue weighted by Gasteiger charge is 2.35. The second-order valence-corrected chi connectivity index (χ2v) is 7.83. The maximum absolute atomic E-state index is 12.6. The molecule has 0 aliphatic carbocycles. The number of amides is 1. The van der Waals surface area contributed by atoms with Gasteiger partial charge in [0.2, 0.25) is 0 Å². The van der Waals surface area contributed by atoms with Crippen molar-refractivity contribution in [2.45, 2.75) is 58.2 Å². The summed E-state index contributed by atoms with van der Waals surface area (Å²) < 4.78 is 5.59. The summed E-state index contributed by atoms with van der Waals surface area (Å²) in [5, 5.41) is 4.19. The molecule has 1 aromatic carbocycles. The summed E-state index contributed by atoms with van der Waals surface area (Å²) in [6.45, 7) is 8.28. The largest absolute Gasteiger partial charge is 0.444 e. The second kappa shape index (κ2) is 6.33. The van der Waals surface area contributed by atoms with Crippen molar-refractivity contribution in [2.24, 2.45) is 0 Å². The van der Waals surface area contributed by atoms with Crippen molar-refractivity contribution in [3.05, 3.63) is 33.8 Å². The molecule has 1 saturated heterocycles. The van der Waals surface area contributed by atoms with Crippen molar-refractivity contribution in [3.8, 4) is 0 Å². The molecule has 23 heavy (non-hydrogen) atoms. The lowest BCUT2D eigenvalue weighted by molar-refractivity contribution is 0.0224. The highest BCUT2D eigenvalue weighted by molar-refractivity contribution is 6.30. The topological polar surface area (TPSA) is 41.6 Å². The summed E-state index contributed by atoms with van der Waals surface area (Å²) in [6.07, 6.45) is 2.73. The van der Waals surface area contributed by atoms with E-state index < -0.39 is 5.60 Å². The summed E-state index contributed by atoms with van der Waals surface area (Å²) in [5.41, 5.74) is 3.32. The Morgan fingerprint density at radius 1 is 1.39 bits per heavy atom. The number of benzene rings is 1. The van der Waals surface area contributed by atoms with Crippen LogP contribution < -0.4 is 5.32 Å². The summed E-state index contributed by atoms with van der Waals surface area (Å²) in [6, 6.07) is 4.16. The van der Waals surface area contributed by atoms with E-state index >= 15 is 0 Å². The first-order chi connectivity index (χ1) is 10.8. The zero-order valence-corrected chi connectivity index (χ0v) is 14.9. The molecule has 1 unspecified atom stereocenters. The number of nitrogens with zero attached hydrogens (tertiary/aromatic N) is 1. The zero-order chi connectivity index (χ0) is 16.6. The summed E-state index contributed by atoms with van der Waals surface area (Å²) in [5.74, 6) is 0. The predicted molar refractivity (Wildman–Crippen MR) is 91.8 cm³/mol. The number of fused-ring (bicyclic) bond motifs is 1. The fourth-order valence-corrected chi connectivity index (χ4v) is 3.77. The Morgan fingerprint density at radius 3 is 2.91 bits per heavy atom. The molecule has 2 heterocycles. The first-order valence-electron chi connectivity index (χ1n) is 8.37. The van der Waals surface area contributed by atoms with Crippen LogP contribution in [0.4, 0.5) is 4.79 Å². The van der Waals surface area contributed by atoms with Crippen molar-refractivity contribution >= 4 is 17.7 Å². The van der Waals surface area contributed by atoms with Gasteiger partial charge in [0, 0.05) is 18.1 Å². The average molecular weight is 337 g/mol. The summed E-state index contributed by atoms with van der Waals surface area (Å²) in [7, 11) is 0. The fourth-order valence-electron chi connectivity index (χ4n) is 3.52. The van der Waals surface area contributed by atoms with Gasteiger partial charge in [-0.3, -0.25) is 0 Å². The van der Waals surface area contributed by atoms with E-state index in [1.807, 2.05) is 31.7 Å². The molecule has 1 amide bonds. The van der Waals surface area contributed by atoms with Gasteiger partial charge in [0.1, 0.15) is 5.60 Å². The Balaban J connectivity index is 1.91. The van der Waals surface area contributed by atoms with Crippen LogP contribution >= 0.6 is 11.6 Å². The molecule has 1 atom stereocenters. The summed E-state index contributed by atoms with van der Waals surface area (Å²) in [4.78, 5) is 14.4. The number of carbonyl (C=O) groups excluding carboxylic acids is 1. The fraction of sp³-hybridized carbons (Fsp3) is 0.611. The van der Waals surface area contributed by atoms with Crippen LogP contribution in [0, 0.1) is 0 Å². The SMILES string of the molecule is CC(C)(C)OC(=O)N1CCCC1c1cc(Cl)cc2c1CNCC2. The van der Waals surface area contributed by atoms with E-state index in [2.05, 4.69) is 11.4 Å². The van der Waals surface area contributed by atoms with Gasteiger partial charge < -0.3 is 15.0 Å². The highest BCUT2D eigenvalue weighted by atomic mass is 35.5. The monoisotopic (exact) mass is 336 g/mol. The molecule has 1 fully saturated rings. The van der Waals surface area contributed by atoms with Gasteiger partial charge in [-0.2, -0.15) is 0 Å². The van der Waals surface area contributed by atoms with Gasteiger partial charge >= 0.3 is 6.09 Å². The van der Waals surface area contributed by atoms with Crippen LogP contribution in [0.25, 0.3) is 0 Å². The molecule has 2 aliphatic heterocycles. The van der Waals surface area contributed by atoms with Crippen molar-refractivity contribution in [1.29, 1.82) is 0 Å². The first-order valence-corrected chi connectivity index (χ1v) is 8.74. The van der Waals surface area contributed by atoms with Crippen LogP contribution in [0.15, 0.2) is 12.1 Å². The van der Waals surface area contributed by atoms with E-state index in [1.54, 1.807) is 0 Å². The van der Waals surface area contributed by atoms with Gasteiger partial charge in [0.05, 0.1) is 6.04 Å². The molecule has 0 aromatic heterocycles. The molecule has 5 heteroatoms.